The first-order chi connectivity index (χ1) is 31.3. The number of para-hydroxylation sites is 1. The van der Waals surface area contributed by atoms with E-state index in [9.17, 15) is 0 Å². The van der Waals surface area contributed by atoms with Crippen LogP contribution >= 0.6 is 0 Å². The van der Waals surface area contributed by atoms with Gasteiger partial charge in [-0.05, 0) is 62.5 Å². The first-order valence-electron chi connectivity index (χ1n) is 21.8. The molecule has 63 heavy (non-hydrogen) atoms. The molecule has 0 radical (unpaired) electrons. The highest BCUT2D eigenvalue weighted by Gasteiger charge is 2.49. The van der Waals surface area contributed by atoms with Crippen LogP contribution in [0.3, 0.4) is 0 Å². The summed E-state index contributed by atoms with van der Waals surface area (Å²) in [5, 5.41) is 9.81. The maximum atomic E-state index is 6.41. The van der Waals surface area contributed by atoms with Crippen LogP contribution in [0.4, 0.5) is 5.95 Å². The third-order valence-corrected chi connectivity index (χ3v) is 13.8. The quantitative estimate of drug-likeness (QED) is 0.162. The van der Waals surface area contributed by atoms with Gasteiger partial charge in [-0.15, -0.1) is 0 Å². The molecule has 0 N–H and O–H groups in total. The summed E-state index contributed by atoms with van der Waals surface area (Å²) in [4.78, 5) is 18.9. The molecule has 1 fully saturated rings. The fourth-order valence-electron chi connectivity index (χ4n) is 11.1. The number of hydrogen-bond acceptors (Lipinski definition) is 5. The number of allylic oxidation sites excluding steroid dienone is 4. The summed E-state index contributed by atoms with van der Waals surface area (Å²) in [5.74, 6) is 2.03. The van der Waals surface area contributed by atoms with Gasteiger partial charge < -0.3 is 13.9 Å². The predicted molar refractivity (Wildman–Crippen MR) is 257 cm³/mol. The number of fused-ring (bicyclic) bond motifs is 9. The van der Waals surface area contributed by atoms with Crippen LogP contribution in [0.5, 0.6) is 0 Å². The maximum Gasteiger partial charge on any atom is 0.230 e. The highest BCUT2D eigenvalue weighted by Crippen LogP contribution is 2.51. The summed E-state index contributed by atoms with van der Waals surface area (Å²) in [6.07, 6.45) is 16.1. The number of rotatable bonds is 5. The fourth-order valence-corrected chi connectivity index (χ4v) is 11.1. The Morgan fingerprint density at radius 2 is 1.03 bits per heavy atom. The van der Waals surface area contributed by atoms with E-state index >= 15 is 0 Å². The van der Waals surface area contributed by atoms with E-state index in [1.54, 1.807) is 0 Å². The molecule has 14 rings (SSSR count). The Hall–Kier alpha value is -8.09. The van der Waals surface area contributed by atoms with Gasteiger partial charge in [0.2, 0.25) is 5.95 Å². The standard InChI is InChI=1S/C57H37N5O/c1-2-14-34(15-3-1)35-30-32-36(33-31-35)55-58-56(44-23-13-29-50-51(44)43-19-7-9-28-49(43)63-50)60-57(59-55)62-45-24-8-6-18-39(45)42-22-12-27-48(54(42)62)61-46-25-10-20-40-37-16-4-5-17-38(37)41-21-11-26-47(61)53(41)52(40)46/h1-33,39,45,48,54H. The average molecular weight is 808 g/mol. The second-order valence-electron chi connectivity index (χ2n) is 17.0. The molecule has 3 aromatic heterocycles. The molecule has 4 atom stereocenters. The molecule has 0 spiro atoms. The summed E-state index contributed by atoms with van der Waals surface area (Å²) in [6, 6.07) is 55.8. The Morgan fingerprint density at radius 1 is 0.429 bits per heavy atom. The first kappa shape index (κ1) is 34.6. The minimum Gasteiger partial charge on any atom is -0.456 e. The molecule has 0 bridgehead atoms. The highest BCUT2D eigenvalue weighted by molar-refractivity contribution is 6.34. The van der Waals surface area contributed by atoms with Crippen molar-refractivity contribution in [3.63, 3.8) is 0 Å². The summed E-state index contributed by atoms with van der Waals surface area (Å²) in [7, 11) is 0. The third kappa shape index (κ3) is 4.97. The molecular weight excluding hydrogens is 771 g/mol. The number of nitrogens with zero attached hydrogens (tertiary/aromatic N) is 5. The summed E-state index contributed by atoms with van der Waals surface area (Å²) < 4.78 is 9.00. The van der Waals surface area contributed by atoms with Gasteiger partial charge in [-0.3, -0.25) is 0 Å². The molecule has 296 valence electrons. The Labute approximate surface area is 362 Å². The monoisotopic (exact) mass is 807 g/mol. The third-order valence-electron chi connectivity index (χ3n) is 13.8. The van der Waals surface area contributed by atoms with Crippen LogP contribution in [0.1, 0.15) is 6.04 Å². The van der Waals surface area contributed by atoms with Crippen molar-refractivity contribution in [1.29, 1.82) is 0 Å². The first-order valence-corrected chi connectivity index (χ1v) is 21.8. The Kier molecular flexibility index (Phi) is 7.25. The van der Waals surface area contributed by atoms with Crippen LogP contribution < -0.4 is 4.90 Å². The minimum atomic E-state index is -0.0965. The zero-order valence-electron chi connectivity index (χ0n) is 34.0. The second kappa shape index (κ2) is 13.2. The molecule has 3 aliphatic rings. The predicted octanol–water partition coefficient (Wildman–Crippen LogP) is 13.7. The average Bonchev–Trinajstić information content (AvgIpc) is 4.02. The molecule has 8 aromatic carbocycles. The highest BCUT2D eigenvalue weighted by atomic mass is 16.3. The van der Waals surface area contributed by atoms with E-state index in [1.807, 2.05) is 30.3 Å². The molecule has 0 amide bonds. The van der Waals surface area contributed by atoms with Crippen molar-refractivity contribution >= 4 is 71.2 Å². The van der Waals surface area contributed by atoms with Gasteiger partial charge >= 0.3 is 0 Å². The normalized spacial score (nSPS) is 19.3. The van der Waals surface area contributed by atoms with Crippen LogP contribution in [0.15, 0.2) is 210 Å². The molecule has 4 unspecified atom stereocenters. The molecule has 1 saturated heterocycles. The molecule has 0 saturated carbocycles. The smallest absolute Gasteiger partial charge is 0.230 e. The number of furan rings is 1. The van der Waals surface area contributed by atoms with E-state index in [-0.39, 0.29) is 24.0 Å². The SMILES string of the molecule is C1=CC2C3=CC=CC(n4c5cccc6c7ccccc7c7cccc4c7c65)C3N(c3nc(-c4ccc(-c5ccccc5)cc4)nc(-c4cccc5oc6ccccc6c45)n3)C2C=C1. The van der Waals surface area contributed by atoms with Crippen LogP contribution in [0.25, 0.3) is 99.2 Å². The number of benzene rings is 8. The zero-order valence-corrected chi connectivity index (χ0v) is 34.0. The van der Waals surface area contributed by atoms with Crippen LogP contribution in [-0.4, -0.2) is 31.6 Å². The van der Waals surface area contributed by atoms with E-state index in [0.29, 0.717) is 17.6 Å². The van der Waals surface area contributed by atoms with Gasteiger partial charge in [0.25, 0.3) is 0 Å². The van der Waals surface area contributed by atoms with Crippen molar-refractivity contribution in [2.24, 2.45) is 5.92 Å². The molecule has 11 aromatic rings. The van der Waals surface area contributed by atoms with Gasteiger partial charge in [0.15, 0.2) is 11.6 Å². The van der Waals surface area contributed by atoms with Crippen LogP contribution in [-0.2, 0) is 0 Å². The van der Waals surface area contributed by atoms with E-state index in [0.717, 1.165) is 38.6 Å². The number of hydrogen-bond donors (Lipinski definition) is 0. The van der Waals surface area contributed by atoms with Crippen molar-refractivity contribution in [1.82, 2.24) is 19.5 Å². The molecule has 6 nitrogen and oxygen atoms in total. The lowest BCUT2D eigenvalue weighted by Crippen LogP contribution is -2.43. The van der Waals surface area contributed by atoms with Crippen LogP contribution in [0.2, 0.25) is 0 Å². The van der Waals surface area contributed by atoms with Crippen molar-refractivity contribution in [2.75, 3.05) is 4.90 Å². The Morgan fingerprint density at radius 3 is 1.81 bits per heavy atom. The Balaban J connectivity index is 1.01. The van der Waals surface area contributed by atoms with Crippen molar-refractivity contribution in [3.8, 4) is 33.9 Å². The van der Waals surface area contributed by atoms with Crippen molar-refractivity contribution in [3.05, 3.63) is 206 Å². The maximum absolute atomic E-state index is 6.41. The van der Waals surface area contributed by atoms with E-state index in [4.69, 9.17) is 19.4 Å². The van der Waals surface area contributed by atoms with E-state index in [1.165, 1.54) is 54.5 Å². The lowest BCUT2D eigenvalue weighted by Gasteiger charge is -2.36. The molecule has 4 heterocycles. The number of anilines is 1. The van der Waals surface area contributed by atoms with E-state index in [2.05, 4.69) is 179 Å². The fraction of sp³-hybridized carbons (Fsp3) is 0.0702. The molecule has 1 aliphatic heterocycles. The summed E-state index contributed by atoms with van der Waals surface area (Å²) in [6.45, 7) is 0. The van der Waals surface area contributed by atoms with Gasteiger partial charge in [0, 0.05) is 38.6 Å². The molecule has 2 aliphatic carbocycles. The molecule has 6 heteroatoms. The molecular formula is C57H37N5O. The largest absolute Gasteiger partial charge is 0.456 e. The van der Waals surface area contributed by atoms with Crippen molar-refractivity contribution < 1.29 is 4.42 Å². The van der Waals surface area contributed by atoms with Gasteiger partial charge in [-0.25, -0.2) is 4.98 Å². The van der Waals surface area contributed by atoms with Gasteiger partial charge in [-0.1, -0.05) is 176 Å². The zero-order chi connectivity index (χ0) is 41.2. The summed E-state index contributed by atoms with van der Waals surface area (Å²) in [5.41, 5.74) is 9.60. The van der Waals surface area contributed by atoms with Gasteiger partial charge in [0.1, 0.15) is 11.2 Å². The van der Waals surface area contributed by atoms with Crippen molar-refractivity contribution in [2.45, 2.75) is 18.1 Å². The lowest BCUT2D eigenvalue weighted by molar-refractivity contribution is 0.529. The lowest BCUT2D eigenvalue weighted by atomic mass is 9.85. The topological polar surface area (TPSA) is 60.0 Å². The van der Waals surface area contributed by atoms with E-state index < -0.39 is 0 Å². The van der Waals surface area contributed by atoms with Gasteiger partial charge in [0.05, 0.1) is 29.2 Å². The minimum absolute atomic E-state index is 0.0121. The second-order valence-corrected chi connectivity index (χ2v) is 17.0. The Bertz CT molecular complexity index is 3690. The summed E-state index contributed by atoms with van der Waals surface area (Å²) >= 11 is 0. The number of aromatic nitrogens is 4. The van der Waals surface area contributed by atoms with Gasteiger partial charge in [-0.2, -0.15) is 9.97 Å². The van der Waals surface area contributed by atoms with Crippen LogP contribution in [0, 0.1) is 5.92 Å².